The van der Waals surface area contributed by atoms with Crippen molar-refractivity contribution in [3.05, 3.63) is 71.3 Å². The zero-order valence-electron chi connectivity index (χ0n) is 22.5. The zero-order valence-corrected chi connectivity index (χ0v) is 22.5. The summed E-state index contributed by atoms with van der Waals surface area (Å²) in [6.07, 6.45) is 13.5. The van der Waals surface area contributed by atoms with E-state index in [1.54, 1.807) is 6.07 Å². The summed E-state index contributed by atoms with van der Waals surface area (Å²) >= 11 is 0. The van der Waals surface area contributed by atoms with Crippen LogP contribution in [-0.2, 0) is 0 Å². The van der Waals surface area contributed by atoms with Crippen LogP contribution >= 0.6 is 0 Å². The van der Waals surface area contributed by atoms with Gasteiger partial charge in [0.1, 0.15) is 5.65 Å². The monoisotopic (exact) mass is 527 g/mol. The van der Waals surface area contributed by atoms with E-state index in [4.69, 9.17) is 4.98 Å². The molecule has 0 radical (unpaired) electrons. The van der Waals surface area contributed by atoms with Gasteiger partial charge in [-0.1, -0.05) is 19.3 Å². The van der Waals surface area contributed by atoms with Gasteiger partial charge in [-0.25, -0.2) is 9.97 Å². The highest BCUT2D eigenvalue weighted by molar-refractivity contribution is 5.94. The number of hydrogen-bond acceptors (Lipinski definition) is 6. The van der Waals surface area contributed by atoms with Gasteiger partial charge in [-0.05, 0) is 75.3 Å². The first-order chi connectivity index (χ1) is 18.9. The summed E-state index contributed by atoms with van der Waals surface area (Å²) in [6, 6.07) is 7.13. The summed E-state index contributed by atoms with van der Waals surface area (Å²) in [4.78, 5) is 32.9. The molecule has 1 N–H and O–H groups in total. The number of amides is 1. The molecule has 4 aromatic heterocycles. The van der Waals surface area contributed by atoms with Crippen LogP contribution in [0.5, 0.6) is 0 Å². The van der Waals surface area contributed by atoms with Gasteiger partial charge in [0.2, 0.25) is 11.9 Å². The molecule has 1 aliphatic heterocycles. The van der Waals surface area contributed by atoms with Crippen LogP contribution in [0.3, 0.4) is 0 Å². The molecule has 1 saturated carbocycles. The molecule has 2 aliphatic rings. The van der Waals surface area contributed by atoms with E-state index in [0.717, 1.165) is 66.8 Å². The van der Waals surface area contributed by atoms with Crippen LogP contribution in [0.1, 0.15) is 84.2 Å². The normalized spacial score (nSPS) is 17.1. The topological polar surface area (TPSA) is 88.8 Å². The Kier molecular flexibility index (Phi) is 6.97. The first-order valence-corrected chi connectivity index (χ1v) is 14.0. The molecule has 202 valence electrons. The molecule has 1 amide bonds. The summed E-state index contributed by atoms with van der Waals surface area (Å²) in [6.45, 7) is 5.30. The summed E-state index contributed by atoms with van der Waals surface area (Å²) in [5, 5.41) is 4.25. The van der Waals surface area contributed by atoms with E-state index in [-0.39, 0.29) is 5.91 Å². The maximum absolute atomic E-state index is 13.3. The number of nitrogens with zero attached hydrogens (tertiary/aromatic N) is 6. The third-order valence-corrected chi connectivity index (χ3v) is 8.10. The number of carbonyl (C=O) groups is 1. The molecule has 39 heavy (non-hydrogen) atoms. The first-order valence-electron chi connectivity index (χ1n) is 14.0. The molecular formula is C30H34FN7O. The Morgan fingerprint density at radius 3 is 2.38 bits per heavy atom. The van der Waals surface area contributed by atoms with Crippen molar-refractivity contribution < 1.29 is 9.18 Å². The summed E-state index contributed by atoms with van der Waals surface area (Å²) < 4.78 is 15.6. The van der Waals surface area contributed by atoms with Crippen molar-refractivity contribution in [2.24, 2.45) is 0 Å². The van der Waals surface area contributed by atoms with Crippen molar-refractivity contribution in [1.82, 2.24) is 29.4 Å². The van der Waals surface area contributed by atoms with E-state index >= 15 is 0 Å². The number of nitrogens with one attached hydrogen (secondary N) is 1. The van der Waals surface area contributed by atoms with E-state index < -0.39 is 5.95 Å². The van der Waals surface area contributed by atoms with Gasteiger partial charge in [0, 0.05) is 53.9 Å². The average molecular weight is 528 g/mol. The van der Waals surface area contributed by atoms with Crippen LogP contribution < -0.4 is 5.32 Å². The summed E-state index contributed by atoms with van der Waals surface area (Å²) in [7, 11) is 0. The van der Waals surface area contributed by atoms with Crippen molar-refractivity contribution in [3.8, 4) is 0 Å². The molecule has 1 aliphatic carbocycles. The minimum atomic E-state index is -0.522. The number of fused-ring (bicyclic) bond motifs is 1. The van der Waals surface area contributed by atoms with E-state index in [9.17, 15) is 9.18 Å². The quantitative estimate of drug-likeness (QED) is 0.309. The lowest BCUT2D eigenvalue weighted by Gasteiger charge is -2.32. The molecule has 0 atom stereocenters. The van der Waals surface area contributed by atoms with Crippen molar-refractivity contribution in [3.63, 3.8) is 0 Å². The van der Waals surface area contributed by atoms with Gasteiger partial charge in [-0.3, -0.25) is 9.78 Å². The molecule has 1 saturated heterocycles. The number of rotatable bonds is 5. The average Bonchev–Trinajstić information content (AvgIpc) is 3.33. The second-order valence-corrected chi connectivity index (χ2v) is 10.9. The molecule has 8 nitrogen and oxygen atoms in total. The molecule has 6 rings (SSSR count). The molecule has 0 bridgehead atoms. The second kappa shape index (κ2) is 10.7. The Hall–Kier alpha value is -3.88. The van der Waals surface area contributed by atoms with Crippen LogP contribution in [0.2, 0.25) is 0 Å². The number of pyridine rings is 2. The Morgan fingerprint density at radius 1 is 0.949 bits per heavy atom. The van der Waals surface area contributed by atoms with Crippen LogP contribution in [0.4, 0.5) is 16.0 Å². The molecule has 0 spiro atoms. The van der Waals surface area contributed by atoms with E-state index in [1.165, 1.54) is 37.1 Å². The third kappa shape index (κ3) is 5.35. The molecule has 9 heteroatoms. The fraction of sp³-hybridized carbons (Fsp3) is 0.433. The van der Waals surface area contributed by atoms with Gasteiger partial charge >= 0.3 is 0 Å². The van der Waals surface area contributed by atoms with Crippen LogP contribution in [0.25, 0.3) is 11.0 Å². The molecule has 0 aromatic carbocycles. The maximum atomic E-state index is 13.3. The number of carbonyl (C=O) groups excluding carboxylic acids is 1. The smallest absolute Gasteiger partial charge is 0.253 e. The summed E-state index contributed by atoms with van der Waals surface area (Å²) in [5.41, 5.74) is 5.31. The lowest BCUT2D eigenvalue weighted by molar-refractivity contribution is 0.0713. The van der Waals surface area contributed by atoms with Gasteiger partial charge in [-0.15, -0.1) is 0 Å². The van der Waals surface area contributed by atoms with Crippen molar-refractivity contribution in [2.45, 2.75) is 70.8 Å². The standard InChI is InChI=1S/C30H34FN7O/c1-19-14-22(15-20(2)34-19)29(39)37-12-10-21(11-13-37)26-18-38(24-6-4-3-5-7-24)28-25(26)17-33-30(36-28)35-23-8-9-27(31)32-16-23/h8-9,14-18,21,24H,3-7,10-13H2,1-2H3,(H,33,35,36). The predicted molar refractivity (Wildman–Crippen MR) is 149 cm³/mol. The van der Waals surface area contributed by atoms with Crippen LogP contribution in [0.15, 0.2) is 42.9 Å². The zero-order chi connectivity index (χ0) is 26.9. The number of hydrogen-bond donors (Lipinski definition) is 1. The molecule has 5 heterocycles. The number of aromatic nitrogens is 5. The van der Waals surface area contributed by atoms with Crippen molar-refractivity contribution in [1.29, 1.82) is 0 Å². The second-order valence-electron chi connectivity index (χ2n) is 10.9. The number of anilines is 2. The number of aryl methyl sites for hydroxylation is 2. The Balaban J connectivity index is 1.26. The molecule has 2 fully saturated rings. The van der Waals surface area contributed by atoms with E-state index in [1.807, 2.05) is 37.1 Å². The highest BCUT2D eigenvalue weighted by Gasteiger charge is 2.29. The fourth-order valence-corrected chi connectivity index (χ4v) is 6.19. The minimum absolute atomic E-state index is 0.0843. The largest absolute Gasteiger partial charge is 0.339 e. The Bertz CT molecular complexity index is 1470. The van der Waals surface area contributed by atoms with Gasteiger partial charge in [-0.2, -0.15) is 9.37 Å². The van der Waals surface area contributed by atoms with Crippen molar-refractivity contribution in [2.75, 3.05) is 18.4 Å². The van der Waals surface area contributed by atoms with E-state index in [0.29, 0.717) is 23.6 Å². The lowest BCUT2D eigenvalue weighted by atomic mass is 9.89. The highest BCUT2D eigenvalue weighted by atomic mass is 19.1. The molecule has 4 aromatic rings. The highest BCUT2D eigenvalue weighted by Crippen LogP contribution is 2.38. The summed E-state index contributed by atoms with van der Waals surface area (Å²) in [5.74, 6) is 0.375. The van der Waals surface area contributed by atoms with Gasteiger partial charge in [0.25, 0.3) is 5.91 Å². The van der Waals surface area contributed by atoms with Crippen molar-refractivity contribution >= 4 is 28.6 Å². The Morgan fingerprint density at radius 2 is 1.69 bits per heavy atom. The predicted octanol–water partition coefficient (Wildman–Crippen LogP) is 6.25. The maximum Gasteiger partial charge on any atom is 0.253 e. The SMILES string of the molecule is Cc1cc(C(=O)N2CCC(c3cn(C4CCCCC4)c4nc(Nc5ccc(F)nc5)ncc34)CC2)cc(C)n1. The molecule has 0 unspecified atom stereocenters. The number of likely N-dealkylation sites (tertiary alicyclic amines) is 1. The van der Waals surface area contributed by atoms with E-state index in [2.05, 4.69) is 31.0 Å². The Labute approximate surface area is 227 Å². The number of piperidine rings is 1. The van der Waals surface area contributed by atoms with Crippen LogP contribution in [-0.4, -0.2) is 48.4 Å². The van der Waals surface area contributed by atoms with Crippen LogP contribution in [0, 0.1) is 19.8 Å². The minimum Gasteiger partial charge on any atom is -0.339 e. The first kappa shape index (κ1) is 25.4. The van der Waals surface area contributed by atoms with Gasteiger partial charge in [0.15, 0.2) is 0 Å². The molecular weight excluding hydrogens is 493 g/mol. The lowest BCUT2D eigenvalue weighted by Crippen LogP contribution is -2.38. The van der Waals surface area contributed by atoms with Gasteiger partial charge in [0.05, 0.1) is 11.9 Å². The number of halogens is 1. The van der Waals surface area contributed by atoms with Gasteiger partial charge < -0.3 is 14.8 Å². The third-order valence-electron chi connectivity index (χ3n) is 8.10. The fourth-order valence-electron chi connectivity index (χ4n) is 6.19.